The Morgan fingerprint density at radius 2 is 2.13 bits per heavy atom. The van der Waals surface area contributed by atoms with Crippen molar-refractivity contribution in [3.8, 4) is 10.6 Å². The van der Waals surface area contributed by atoms with Gasteiger partial charge in [-0.3, -0.25) is 9.59 Å². The Labute approximate surface area is 143 Å². The van der Waals surface area contributed by atoms with Crippen molar-refractivity contribution in [2.24, 2.45) is 5.92 Å². The summed E-state index contributed by atoms with van der Waals surface area (Å²) < 4.78 is 0. The summed E-state index contributed by atoms with van der Waals surface area (Å²) in [7, 11) is 0. The van der Waals surface area contributed by atoms with Crippen LogP contribution in [0.2, 0.25) is 5.02 Å². The molecule has 0 aliphatic carbocycles. The Hall–Kier alpha value is -1.92. The van der Waals surface area contributed by atoms with Crippen molar-refractivity contribution < 1.29 is 14.7 Å². The monoisotopic (exact) mass is 352 g/mol. The summed E-state index contributed by atoms with van der Waals surface area (Å²) in [5.74, 6) is -1.24. The van der Waals surface area contributed by atoms with Crippen LogP contribution in [-0.2, 0) is 4.79 Å². The molecule has 0 aliphatic heterocycles. The summed E-state index contributed by atoms with van der Waals surface area (Å²) in [5, 5.41) is 11.9. The van der Waals surface area contributed by atoms with Crippen LogP contribution in [0.1, 0.15) is 24.3 Å². The zero-order chi connectivity index (χ0) is 17.0. The molecule has 0 fully saturated rings. The summed E-state index contributed by atoms with van der Waals surface area (Å²) in [6.45, 7) is 3.90. The second kappa shape index (κ2) is 7.57. The van der Waals surface area contributed by atoms with Crippen molar-refractivity contribution in [3.63, 3.8) is 0 Å². The molecule has 0 unspecified atom stereocenters. The number of carboxylic acids is 1. The lowest BCUT2D eigenvalue weighted by molar-refractivity contribution is -0.137. The highest BCUT2D eigenvalue weighted by atomic mass is 35.5. The molecule has 1 heterocycles. The molecule has 1 aromatic heterocycles. The third-order valence-electron chi connectivity index (χ3n) is 2.99. The van der Waals surface area contributed by atoms with Gasteiger partial charge in [-0.25, -0.2) is 4.98 Å². The summed E-state index contributed by atoms with van der Waals surface area (Å²) in [5.41, 5.74) is 1.09. The molecule has 122 valence electrons. The number of halogens is 1. The minimum absolute atomic E-state index is 0.171. The highest BCUT2D eigenvalue weighted by Crippen LogP contribution is 2.26. The molecule has 1 aromatic carbocycles. The molecule has 23 heavy (non-hydrogen) atoms. The quantitative estimate of drug-likeness (QED) is 0.861. The van der Waals surface area contributed by atoms with Gasteiger partial charge < -0.3 is 10.0 Å². The van der Waals surface area contributed by atoms with Crippen LogP contribution in [0, 0.1) is 5.92 Å². The van der Waals surface area contributed by atoms with E-state index in [0.717, 1.165) is 5.56 Å². The van der Waals surface area contributed by atoms with E-state index >= 15 is 0 Å². The molecule has 0 aliphatic rings. The van der Waals surface area contributed by atoms with Gasteiger partial charge in [0.15, 0.2) is 0 Å². The van der Waals surface area contributed by atoms with Gasteiger partial charge in [0.1, 0.15) is 17.2 Å². The van der Waals surface area contributed by atoms with Crippen LogP contribution in [0.25, 0.3) is 10.6 Å². The van der Waals surface area contributed by atoms with Gasteiger partial charge in [0.05, 0.1) is 0 Å². The molecule has 5 nitrogen and oxygen atoms in total. The number of thiazole rings is 1. The van der Waals surface area contributed by atoms with Crippen molar-refractivity contribution in [2.45, 2.75) is 13.8 Å². The lowest BCUT2D eigenvalue weighted by Crippen LogP contribution is -2.38. The second-order valence-electron chi connectivity index (χ2n) is 5.52. The zero-order valence-corrected chi connectivity index (χ0v) is 14.4. The molecule has 0 atom stereocenters. The number of benzene rings is 1. The highest BCUT2D eigenvalue weighted by Gasteiger charge is 2.22. The molecule has 0 radical (unpaired) electrons. The predicted molar refractivity (Wildman–Crippen MR) is 90.9 cm³/mol. The van der Waals surface area contributed by atoms with E-state index in [1.807, 2.05) is 26.0 Å². The van der Waals surface area contributed by atoms with Gasteiger partial charge in [-0.1, -0.05) is 37.6 Å². The normalized spacial score (nSPS) is 10.8. The first-order valence-corrected chi connectivity index (χ1v) is 8.35. The third kappa shape index (κ3) is 4.77. The fraction of sp³-hybridized carbons (Fsp3) is 0.312. The lowest BCUT2D eigenvalue weighted by atomic mass is 10.2. The molecular weight excluding hydrogens is 336 g/mol. The Morgan fingerprint density at radius 3 is 2.74 bits per heavy atom. The lowest BCUT2D eigenvalue weighted by Gasteiger charge is -2.21. The van der Waals surface area contributed by atoms with Crippen LogP contribution in [0.4, 0.5) is 0 Å². The van der Waals surface area contributed by atoms with E-state index in [4.69, 9.17) is 16.7 Å². The summed E-state index contributed by atoms with van der Waals surface area (Å²) >= 11 is 7.30. The van der Waals surface area contributed by atoms with Gasteiger partial charge in [-0.15, -0.1) is 11.3 Å². The van der Waals surface area contributed by atoms with Crippen LogP contribution in [0.15, 0.2) is 29.6 Å². The van der Waals surface area contributed by atoms with E-state index in [1.165, 1.54) is 16.2 Å². The number of rotatable bonds is 6. The Morgan fingerprint density at radius 1 is 1.39 bits per heavy atom. The van der Waals surface area contributed by atoms with Crippen LogP contribution < -0.4 is 0 Å². The summed E-state index contributed by atoms with van der Waals surface area (Å²) in [4.78, 5) is 29.1. The Bertz CT molecular complexity index is 715. The van der Waals surface area contributed by atoms with Gasteiger partial charge in [-0.2, -0.15) is 0 Å². The number of aromatic nitrogens is 1. The predicted octanol–water partition coefficient (Wildman–Crippen LogP) is 3.65. The molecule has 0 bridgehead atoms. The van der Waals surface area contributed by atoms with E-state index in [-0.39, 0.29) is 24.1 Å². The number of hydrogen-bond donors (Lipinski definition) is 1. The van der Waals surface area contributed by atoms with Gasteiger partial charge in [0, 0.05) is 22.5 Å². The first-order chi connectivity index (χ1) is 10.9. The van der Waals surface area contributed by atoms with E-state index < -0.39 is 5.97 Å². The SMILES string of the molecule is CC(C)CN(CC(=O)O)C(=O)c1csc(-c2cccc(Cl)c2)n1. The minimum atomic E-state index is -1.04. The largest absolute Gasteiger partial charge is 0.480 e. The molecule has 1 N–H and O–H groups in total. The number of carbonyl (C=O) groups excluding carboxylic acids is 1. The number of nitrogens with zero attached hydrogens (tertiary/aromatic N) is 2. The van der Waals surface area contributed by atoms with Crippen LogP contribution in [0.3, 0.4) is 0 Å². The Balaban J connectivity index is 2.23. The summed E-state index contributed by atoms with van der Waals surface area (Å²) in [6.07, 6.45) is 0. The van der Waals surface area contributed by atoms with Crippen molar-refractivity contribution in [1.82, 2.24) is 9.88 Å². The van der Waals surface area contributed by atoms with E-state index in [0.29, 0.717) is 16.6 Å². The number of carbonyl (C=O) groups is 2. The highest BCUT2D eigenvalue weighted by molar-refractivity contribution is 7.13. The number of aliphatic carboxylic acids is 1. The van der Waals surface area contributed by atoms with Crippen LogP contribution >= 0.6 is 22.9 Å². The molecule has 2 rings (SSSR count). The smallest absolute Gasteiger partial charge is 0.323 e. The molecule has 7 heteroatoms. The maximum atomic E-state index is 12.5. The minimum Gasteiger partial charge on any atom is -0.480 e. The number of hydrogen-bond acceptors (Lipinski definition) is 4. The zero-order valence-electron chi connectivity index (χ0n) is 12.8. The van der Waals surface area contributed by atoms with Gasteiger partial charge in [-0.05, 0) is 18.1 Å². The van der Waals surface area contributed by atoms with Crippen LogP contribution in [0.5, 0.6) is 0 Å². The standard InChI is InChI=1S/C16H17ClN2O3S/c1-10(2)7-19(8-14(20)21)16(22)13-9-23-15(18-13)11-4-3-5-12(17)6-11/h3-6,9-10H,7-8H2,1-2H3,(H,20,21). The molecular formula is C16H17ClN2O3S. The van der Waals surface area contributed by atoms with Crippen molar-refractivity contribution >= 4 is 34.8 Å². The fourth-order valence-corrected chi connectivity index (χ4v) is 3.09. The average molecular weight is 353 g/mol. The Kier molecular flexibility index (Phi) is 5.74. The van der Waals surface area contributed by atoms with Crippen molar-refractivity contribution in [2.75, 3.05) is 13.1 Å². The van der Waals surface area contributed by atoms with Gasteiger partial charge >= 0.3 is 5.97 Å². The second-order valence-corrected chi connectivity index (χ2v) is 6.82. The van der Waals surface area contributed by atoms with Crippen LogP contribution in [-0.4, -0.2) is 40.0 Å². The van der Waals surface area contributed by atoms with E-state index in [1.54, 1.807) is 17.5 Å². The van der Waals surface area contributed by atoms with Crippen molar-refractivity contribution in [1.29, 1.82) is 0 Å². The number of carboxylic acid groups (broad SMARTS) is 1. The van der Waals surface area contributed by atoms with E-state index in [2.05, 4.69) is 4.98 Å². The van der Waals surface area contributed by atoms with E-state index in [9.17, 15) is 9.59 Å². The average Bonchev–Trinajstić information content (AvgIpc) is 2.94. The maximum absolute atomic E-state index is 12.5. The molecule has 0 saturated carbocycles. The molecule has 2 aromatic rings. The van der Waals surface area contributed by atoms with Gasteiger partial charge in [0.2, 0.25) is 0 Å². The first-order valence-electron chi connectivity index (χ1n) is 7.09. The first kappa shape index (κ1) is 17.4. The maximum Gasteiger partial charge on any atom is 0.323 e. The topological polar surface area (TPSA) is 70.5 Å². The number of amides is 1. The summed E-state index contributed by atoms with van der Waals surface area (Å²) in [6, 6.07) is 7.22. The molecule has 0 saturated heterocycles. The van der Waals surface area contributed by atoms with Gasteiger partial charge in [0.25, 0.3) is 5.91 Å². The third-order valence-corrected chi connectivity index (χ3v) is 4.12. The molecule has 0 spiro atoms. The van der Waals surface area contributed by atoms with Crippen molar-refractivity contribution in [3.05, 3.63) is 40.4 Å². The fourth-order valence-electron chi connectivity index (χ4n) is 2.11. The molecule has 1 amide bonds.